The first kappa shape index (κ1) is 13.7. The van der Waals surface area contributed by atoms with E-state index in [1.165, 1.54) is 6.07 Å². The Morgan fingerprint density at radius 2 is 2.16 bits per heavy atom. The van der Waals surface area contributed by atoms with Crippen LogP contribution in [-0.4, -0.2) is 10.1 Å². The Hall–Kier alpha value is -1.75. The summed E-state index contributed by atoms with van der Waals surface area (Å²) in [7, 11) is 0. The van der Waals surface area contributed by atoms with Crippen molar-refractivity contribution in [2.75, 3.05) is 0 Å². The minimum Gasteiger partial charge on any atom is -0.337 e. The molecule has 0 spiro atoms. The number of nitrogens with two attached hydrogens (primary N) is 1. The summed E-state index contributed by atoms with van der Waals surface area (Å²) in [6, 6.07) is 4.45. The number of hydrogen-bond donors (Lipinski definition) is 1. The van der Waals surface area contributed by atoms with Crippen LogP contribution in [0.2, 0.25) is 0 Å². The van der Waals surface area contributed by atoms with Gasteiger partial charge in [-0.2, -0.15) is 4.98 Å². The third kappa shape index (κ3) is 2.81. The van der Waals surface area contributed by atoms with Gasteiger partial charge in [-0.1, -0.05) is 25.4 Å². The average Bonchev–Trinajstić information content (AvgIpc) is 2.89. The summed E-state index contributed by atoms with van der Waals surface area (Å²) >= 11 is 0. The van der Waals surface area contributed by atoms with Crippen molar-refractivity contribution >= 4 is 0 Å². The molecule has 102 valence electrons. The van der Waals surface area contributed by atoms with Gasteiger partial charge < -0.3 is 10.3 Å². The fourth-order valence-corrected chi connectivity index (χ4v) is 1.77. The first-order chi connectivity index (χ1) is 9.02. The number of aromatic nitrogens is 2. The zero-order chi connectivity index (χ0) is 14.0. The van der Waals surface area contributed by atoms with Crippen LogP contribution in [0, 0.1) is 18.7 Å². The number of aryl methyl sites for hydroxylation is 1. The van der Waals surface area contributed by atoms with Crippen LogP contribution in [0.15, 0.2) is 22.7 Å². The molecule has 0 aliphatic heterocycles. The number of benzene rings is 1. The Morgan fingerprint density at radius 1 is 1.42 bits per heavy atom. The minimum absolute atomic E-state index is 0.247. The van der Waals surface area contributed by atoms with Gasteiger partial charge in [-0.15, -0.1) is 0 Å². The van der Waals surface area contributed by atoms with E-state index in [0.717, 1.165) is 12.0 Å². The van der Waals surface area contributed by atoms with Gasteiger partial charge in [0.05, 0.1) is 6.04 Å². The molecule has 0 bridgehead atoms. The molecule has 2 rings (SSSR count). The molecule has 0 amide bonds. The summed E-state index contributed by atoms with van der Waals surface area (Å²) in [5.74, 6) is 0.884. The van der Waals surface area contributed by atoms with Crippen molar-refractivity contribution in [3.8, 4) is 11.4 Å². The van der Waals surface area contributed by atoms with E-state index in [0.29, 0.717) is 17.3 Å². The number of rotatable bonds is 4. The largest absolute Gasteiger partial charge is 0.337 e. The normalized spacial score (nSPS) is 14.4. The standard InChI is InChI=1S/C14H18FN3O/c1-4-8(2)12(16)14-17-13(18-19-14)10-5-6-11(15)9(3)7-10/h5-8,12H,4,16H2,1-3H3/t8?,12-/m0/s1. The quantitative estimate of drug-likeness (QED) is 0.919. The van der Waals surface area contributed by atoms with E-state index < -0.39 is 0 Å². The van der Waals surface area contributed by atoms with Gasteiger partial charge in [-0.25, -0.2) is 4.39 Å². The van der Waals surface area contributed by atoms with Crippen molar-refractivity contribution in [1.29, 1.82) is 0 Å². The van der Waals surface area contributed by atoms with Gasteiger partial charge in [-0.3, -0.25) is 0 Å². The van der Waals surface area contributed by atoms with Crippen molar-refractivity contribution in [2.45, 2.75) is 33.2 Å². The predicted molar refractivity (Wildman–Crippen MR) is 70.8 cm³/mol. The molecule has 19 heavy (non-hydrogen) atoms. The Bertz CT molecular complexity index is 568. The lowest BCUT2D eigenvalue weighted by Gasteiger charge is -2.12. The van der Waals surface area contributed by atoms with Gasteiger partial charge in [0.25, 0.3) is 0 Å². The molecule has 0 radical (unpaired) electrons. The summed E-state index contributed by atoms with van der Waals surface area (Å²) in [4.78, 5) is 4.29. The van der Waals surface area contributed by atoms with E-state index in [1.54, 1.807) is 19.1 Å². The molecule has 1 unspecified atom stereocenters. The molecule has 0 saturated heterocycles. The van der Waals surface area contributed by atoms with Gasteiger partial charge in [0, 0.05) is 5.56 Å². The Kier molecular flexibility index (Phi) is 3.95. The molecule has 0 aliphatic carbocycles. The van der Waals surface area contributed by atoms with Crippen LogP contribution in [0.5, 0.6) is 0 Å². The van der Waals surface area contributed by atoms with Gasteiger partial charge >= 0.3 is 0 Å². The van der Waals surface area contributed by atoms with Gasteiger partial charge in [-0.05, 0) is 36.6 Å². The maximum absolute atomic E-state index is 13.2. The fraction of sp³-hybridized carbons (Fsp3) is 0.429. The molecule has 2 N–H and O–H groups in total. The SMILES string of the molecule is CCC(C)[C@H](N)c1nc(-c2ccc(F)c(C)c2)no1. The second-order valence-electron chi connectivity index (χ2n) is 4.83. The number of nitrogens with zero attached hydrogens (tertiary/aromatic N) is 2. The summed E-state index contributed by atoms with van der Waals surface area (Å²) in [5, 5.41) is 3.91. The van der Waals surface area contributed by atoms with Crippen LogP contribution in [-0.2, 0) is 0 Å². The van der Waals surface area contributed by atoms with Crippen LogP contribution in [0.25, 0.3) is 11.4 Å². The van der Waals surface area contributed by atoms with Crippen molar-refractivity contribution in [3.05, 3.63) is 35.5 Å². The summed E-state index contributed by atoms with van der Waals surface area (Å²) < 4.78 is 18.4. The highest BCUT2D eigenvalue weighted by atomic mass is 19.1. The first-order valence-corrected chi connectivity index (χ1v) is 6.38. The van der Waals surface area contributed by atoms with E-state index in [9.17, 15) is 4.39 Å². The third-order valence-electron chi connectivity index (χ3n) is 3.40. The Labute approximate surface area is 111 Å². The molecule has 0 fully saturated rings. The van der Waals surface area contributed by atoms with Crippen LogP contribution in [0.3, 0.4) is 0 Å². The average molecular weight is 263 g/mol. The van der Waals surface area contributed by atoms with E-state index in [1.807, 2.05) is 6.92 Å². The predicted octanol–water partition coefficient (Wildman–Crippen LogP) is 3.23. The molecule has 5 heteroatoms. The van der Waals surface area contributed by atoms with Crippen molar-refractivity contribution in [1.82, 2.24) is 10.1 Å². The smallest absolute Gasteiger partial charge is 0.244 e. The van der Waals surface area contributed by atoms with Gasteiger partial charge in [0.2, 0.25) is 11.7 Å². The molecule has 1 aromatic carbocycles. The molecule has 1 heterocycles. The van der Waals surface area contributed by atoms with E-state index in [-0.39, 0.29) is 17.8 Å². The molecule has 1 aromatic heterocycles. The molecular formula is C14H18FN3O. The molecule has 0 saturated carbocycles. The van der Waals surface area contributed by atoms with Gasteiger partial charge in [0.1, 0.15) is 5.82 Å². The topological polar surface area (TPSA) is 64.9 Å². The summed E-state index contributed by atoms with van der Waals surface area (Å²) in [6.45, 7) is 5.80. The highest BCUT2D eigenvalue weighted by Gasteiger charge is 2.20. The Morgan fingerprint density at radius 3 is 2.79 bits per heavy atom. The Balaban J connectivity index is 2.27. The van der Waals surface area contributed by atoms with Crippen LogP contribution in [0.1, 0.15) is 37.8 Å². The zero-order valence-corrected chi connectivity index (χ0v) is 11.4. The lowest BCUT2D eigenvalue weighted by Crippen LogP contribution is -2.18. The van der Waals surface area contributed by atoms with Crippen molar-refractivity contribution < 1.29 is 8.91 Å². The molecule has 2 atom stereocenters. The van der Waals surface area contributed by atoms with Crippen LogP contribution in [0.4, 0.5) is 4.39 Å². The zero-order valence-electron chi connectivity index (χ0n) is 11.4. The maximum Gasteiger partial charge on any atom is 0.244 e. The molecular weight excluding hydrogens is 245 g/mol. The second-order valence-corrected chi connectivity index (χ2v) is 4.83. The molecule has 4 nitrogen and oxygen atoms in total. The highest BCUT2D eigenvalue weighted by molar-refractivity contribution is 5.55. The van der Waals surface area contributed by atoms with E-state index >= 15 is 0 Å². The third-order valence-corrected chi connectivity index (χ3v) is 3.40. The monoisotopic (exact) mass is 263 g/mol. The number of hydrogen-bond acceptors (Lipinski definition) is 4. The van der Waals surface area contributed by atoms with E-state index in [2.05, 4.69) is 17.1 Å². The van der Waals surface area contributed by atoms with Crippen LogP contribution < -0.4 is 5.73 Å². The van der Waals surface area contributed by atoms with Crippen molar-refractivity contribution in [2.24, 2.45) is 11.7 Å². The number of halogens is 1. The second kappa shape index (κ2) is 5.48. The molecule has 0 aliphatic rings. The van der Waals surface area contributed by atoms with Crippen LogP contribution >= 0.6 is 0 Å². The lowest BCUT2D eigenvalue weighted by atomic mass is 10.0. The maximum atomic E-state index is 13.2. The highest BCUT2D eigenvalue weighted by Crippen LogP contribution is 2.24. The van der Waals surface area contributed by atoms with E-state index in [4.69, 9.17) is 10.3 Å². The summed E-state index contributed by atoms with van der Waals surface area (Å²) in [6.07, 6.45) is 0.939. The molecule has 2 aromatic rings. The summed E-state index contributed by atoms with van der Waals surface area (Å²) in [5.41, 5.74) is 7.32. The first-order valence-electron chi connectivity index (χ1n) is 6.38. The lowest BCUT2D eigenvalue weighted by molar-refractivity contribution is 0.312. The van der Waals surface area contributed by atoms with Gasteiger partial charge in [0.15, 0.2) is 0 Å². The fourth-order valence-electron chi connectivity index (χ4n) is 1.77. The van der Waals surface area contributed by atoms with Crippen molar-refractivity contribution in [3.63, 3.8) is 0 Å². The minimum atomic E-state index is -0.271.